The average molecular weight is 408 g/mol. The molecule has 0 aliphatic carbocycles. The first kappa shape index (κ1) is 21.4. The number of ether oxygens (including phenoxy) is 2. The third-order valence-corrected chi connectivity index (χ3v) is 5.22. The van der Waals surface area contributed by atoms with Crippen molar-refractivity contribution in [2.24, 2.45) is 0 Å². The van der Waals surface area contributed by atoms with Crippen LogP contribution in [-0.2, 0) is 16.0 Å². The summed E-state index contributed by atoms with van der Waals surface area (Å²) in [4.78, 5) is 26.7. The van der Waals surface area contributed by atoms with E-state index in [-0.39, 0.29) is 17.9 Å². The van der Waals surface area contributed by atoms with E-state index in [1.165, 1.54) is 0 Å². The van der Waals surface area contributed by atoms with Crippen LogP contribution in [0, 0.1) is 0 Å². The minimum absolute atomic E-state index is 0.0796. The summed E-state index contributed by atoms with van der Waals surface area (Å²) in [6.45, 7) is 1.28. The number of likely N-dealkylation sites (tertiary alicyclic amines) is 1. The highest BCUT2D eigenvalue weighted by Crippen LogP contribution is 2.28. The molecule has 0 unspecified atom stereocenters. The highest BCUT2D eigenvalue weighted by atomic mass is 16.5. The van der Waals surface area contributed by atoms with Crippen LogP contribution in [0.5, 0.6) is 11.5 Å². The Morgan fingerprint density at radius 2 is 1.73 bits per heavy atom. The van der Waals surface area contributed by atoms with E-state index >= 15 is 0 Å². The van der Waals surface area contributed by atoms with Gasteiger partial charge in [-0.3, -0.25) is 9.59 Å². The molecule has 1 heterocycles. The molecule has 1 saturated heterocycles. The van der Waals surface area contributed by atoms with Gasteiger partial charge in [0.25, 0.3) is 0 Å². The number of piperidine rings is 1. The number of carbonyl (C=O) groups is 2. The fourth-order valence-electron chi connectivity index (χ4n) is 3.54. The van der Waals surface area contributed by atoms with E-state index in [0.29, 0.717) is 31.0 Å². The second-order valence-electron chi connectivity index (χ2n) is 7.27. The molecule has 2 aromatic rings. The van der Waals surface area contributed by atoms with Gasteiger partial charge >= 0.3 is 0 Å². The number of carbonyl (C=O) groups excluding carboxylic acids is 2. The van der Waals surface area contributed by atoms with Crippen LogP contribution in [0.15, 0.2) is 54.6 Å². The summed E-state index contributed by atoms with van der Waals surface area (Å²) in [5.41, 5.74) is 1.88. The van der Waals surface area contributed by atoms with Gasteiger partial charge in [-0.1, -0.05) is 36.4 Å². The second kappa shape index (κ2) is 10.5. The van der Waals surface area contributed by atoms with Gasteiger partial charge in [-0.15, -0.1) is 0 Å². The Bertz CT molecular complexity index is 887. The van der Waals surface area contributed by atoms with Crippen LogP contribution >= 0.6 is 0 Å². The van der Waals surface area contributed by atoms with Crippen LogP contribution in [0.3, 0.4) is 0 Å². The number of amides is 2. The molecule has 0 radical (unpaired) electrons. The predicted octanol–water partition coefficient (Wildman–Crippen LogP) is 3.07. The Morgan fingerprint density at radius 3 is 2.40 bits per heavy atom. The molecule has 30 heavy (non-hydrogen) atoms. The van der Waals surface area contributed by atoms with Crippen molar-refractivity contribution in [3.8, 4) is 11.5 Å². The maximum absolute atomic E-state index is 12.7. The molecule has 2 amide bonds. The van der Waals surface area contributed by atoms with Gasteiger partial charge in [0, 0.05) is 25.2 Å². The molecule has 6 nitrogen and oxygen atoms in total. The highest BCUT2D eigenvalue weighted by Gasteiger charge is 2.23. The van der Waals surface area contributed by atoms with Crippen molar-refractivity contribution in [3.05, 3.63) is 65.7 Å². The summed E-state index contributed by atoms with van der Waals surface area (Å²) in [7, 11) is 3.17. The maximum atomic E-state index is 12.7. The number of hydrogen-bond acceptors (Lipinski definition) is 4. The molecule has 1 aliphatic rings. The zero-order valence-electron chi connectivity index (χ0n) is 17.5. The lowest BCUT2D eigenvalue weighted by molar-refractivity contribution is -0.131. The van der Waals surface area contributed by atoms with Gasteiger partial charge in [0.2, 0.25) is 11.8 Å². The quantitative estimate of drug-likeness (QED) is 0.715. The lowest BCUT2D eigenvalue weighted by atomic mass is 10.0. The Balaban J connectivity index is 1.46. The lowest BCUT2D eigenvalue weighted by Crippen LogP contribution is -2.46. The van der Waals surface area contributed by atoms with Gasteiger partial charge in [0.15, 0.2) is 11.5 Å². The second-order valence-corrected chi connectivity index (χ2v) is 7.27. The molecular formula is C24H28N2O4. The summed E-state index contributed by atoms with van der Waals surface area (Å²) in [5, 5.41) is 3.03. The van der Waals surface area contributed by atoms with E-state index in [1.807, 2.05) is 53.4 Å². The van der Waals surface area contributed by atoms with Gasteiger partial charge in [-0.25, -0.2) is 0 Å². The molecule has 3 rings (SSSR count). The van der Waals surface area contributed by atoms with Crippen LogP contribution in [-0.4, -0.2) is 50.1 Å². The molecule has 1 fully saturated rings. The van der Waals surface area contributed by atoms with Gasteiger partial charge in [0.1, 0.15) is 0 Å². The van der Waals surface area contributed by atoms with Crippen molar-refractivity contribution >= 4 is 17.9 Å². The van der Waals surface area contributed by atoms with E-state index < -0.39 is 0 Å². The zero-order chi connectivity index (χ0) is 21.3. The topological polar surface area (TPSA) is 67.9 Å². The van der Waals surface area contributed by atoms with Gasteiger partial charge in [-0.2, -0.15) is 0 Å². The van der Waals surface area contributed by atoms with Crippen LogP contribution in [0.2, 0.25) is 0 Å². The van der Waals surface area contributed by atoms with Gasteiger partial charge in [0.05, 0.1) is 20.6 Å². The summed E-state index contributed by atoms with van der Waals surface area (Å²) in [6.07, 6.45) is 5.18. The van der Waals surface area contributed by atoms with Crippen LogP contribution in [0.4, 0.5) is 0 Å². The lowest BCUT2D eigenvalue weighted by Gasteiger charge is -2.32. The molecule has 158 valence electrons. The molecule has 0 aromatic heterocycles. The SMILES string of the molecule is COc1ccc(CC(=O)N2CCC(NC(=O)/C=C/c3ccccc3)CC2)cc1OC. The fraction of sp³-hybridized carbons (Fsp3) is 0.333. The first-order chi connectivity index (χ1) is 14.6. The number of rotatable bonds is 7. The average Bonchev–Trinajstić information content (AvgIpc) is 2.78. The standard InChI is InChI=1S/C24H28N2O4/c1-29-21-10-8-19(16-22(21)30-2)17-24(28)26-14-12-20(13-15-26)25-23(27)11-9-18-6-4-3-5-7-18/h3-11,16,20H,12-15,17H2,1-2H3,(H,25,27)/b11-9+. The monoisotopic (exact) mass is 408 g/mol. The number of benzene rings is 2. The third kappa shape index (κ3) is 5.86. The van der Waals surface area contributed by atoms with E-state index in [4.69, 9.17) is 9.47 Å². The summed E-state index contributed by atoms with van der Waals surface area (Å²) in [5.74, 6) is 1.24. The summed E-state index contributed by atoms with van der Waals surface area (Å²) < 4.78 is 10.5. The predicted molar refractivity (Wildman–Crippen MR) is 116 cm³/mol. The number of methoxy groups -OCH3 is 2. The molecule has 6 heteroatoms. The van der Waals surface area contributed by atoms with Crippen molar-refractivity contribution in [2.75, 3.05) is 27.3 Å². The third-order valence-electron chi connectivity index (χ3n) is 5.22. The highest BCUT2D eigenvalue weighted by molar-refractivity contribution is 5.91. The van der Waals surface area contributed by atoms with E-state index in [0.717, 1.165) is 24.0 Å². The molecule has 1 N–H and O–H groups in total. The Morgan fingerprint density at radius 1 is 1.03 bits per heavy atom. The van der Waals surface area contributed by atoms with Crippen molar-refractivity contribution < 1.29 is 19.1 Å². The molecule has 1 aliphatic heterocycles. The number of nitrogens with one attached hydrogen (secondary N) is 1. The normalized spacial score (nSPS) is 14.5. The van der Waals surface area contributed by atoms with E-state index in [9.17, 15) is 9.59 Å². The largest absolute Gasteiger partial charge is 0.493 e. The van der Waals surface area contributed by atoms with Gasteiger partial charge < -0.3 is 19.7 Å². The van der Waals surface area contributed by atoms with E-state index in [1.54, 1.807) is 26.4 Å². The number of nitrogens with zero attached hydrogens (tertiary/aromatic N) is 1. The first-order valence-electron chi connectivity index (χ1n) is 10.1. The molecular weight excluding hydrogens is 380 g/mol. The maximum Gasteiger partial charge on any atom is 0.244 e. The Labute approximate surface area is 177 Å². The Kier molecular flexibility index (Phi) is 7.49. The van der Waals surface area contributed by atoms with Crippen LogP contribution < -0.4 is 14.8 Å². The van der Waals surface area contributed by atoms with Crippen molar-refractivity contribution in [2.45, 2.75) is 25.3 Å². The van der Waals surface area contributed by atoms with Crippen LogP contribution in [0.1, 0.15) is 24.0 Å². The zero-order valence-corrected chi connectivity index (χ0v) is 17.5. The summed E-state index contributed by atoms with van der Waals surface area (Å²) >= 11 is 0. The summed E-state index contributed by atoms with van der Waals surface area (Å²) in [6, 6.07) is 15.3. The minimum Gasteiger partial charge on any atom is -0.493 e. The van der Waals surface area contributed by atoms with Crippen molar-refractivity contribution in [1.29, 1.82) is 0 Å². The molecule has 0 atom stereocenters. The molecule has 0 spiro atoms. The smallest absolute Gasteiger partial charge is 0.244 e. The first-order valence-corrected chi connectivity index (χ1v) is 10.1. The van der Waals surface area contributed by atoms with Crippen LogP contribution in [0.25, 0.3) is 6.08 Å². The molecule has 0 saturated carbocycles. The van der Waals surface area contributed by atoms with E-state index in [2.05, 4.69) is 5.32 Å². The minimum atomic E-state index is -0.103. The van der Waals surface area contributed by atoms with Crippen molar-refractivity contribution in [3.63, 3.8) is 0 Å². The number of hydrogen-bond donors (Lipinski definition) is 1. The molecule has 2 aromatic carbocycles. The Hall–Kier alpha value is -3.28. The fourth-order valence-corrected chi connectivity index (χ4v) is 3.54. The molecule has 0 bridgehead atoms. The van der Waals surface area contributed by atoms with Gasteiger partial charge in [-0.05, 0) is 42.2 Å². The van der Waals surface area contributed by atoms with Crippen molar-refractivity contribution in [1.82, 2.24) is 10.2 Å².